The second-order valence-electron chi connectivity index (χ2n) is 4.18. The second kappa shape index (κ2) is 6.11. The molecule has 1 aromatic heterocycles. The van der Waals surface area contributed by atoms with Gasteiger partial charge in [-0.25, -0.2) is 4.39 Å². The van der Waals surface area contributed by atoms with E-state index < -0.39 is 15.9 Å². The van der Waals surface area contributed by atoms with Crippen LogP contribution in [0.4, 0.5) is 4.39 Å². The normalized spacial score (nSPS) is 11.5. The van der Waals surface area contributed by atoms with Gasteiger partial charge in [0, 0.05) is 18.0 Å². The van der Waals surface area contributed by atoms with Crippen LogP contribution in [-0.2, 0) is 27.3 Å². The Balaban J connectivity index is 2.13. The molecule has 0 aliphatic carbocycles. The summed E-state index contributed by atoms with van der Waals surface area (Å²) in [5.74, 6) is -0.545. The molecule has 20 heavy (non-hydrogen) atoms. The molecule has 2 aromatic rings. The zero-order valence-corrected chi connectivity index (χ0v) is 11.7. The first-order valence-electron chi connectivity index (χ1n) is 6.09. The maximum atomic E-state index is 13.4. The highest BCUT2D eigenvalue weighted by Gasteiger charge is 2.16. The summed E-state index contributed by atoms with van der Waals surface area (Å²) in [6, 6.07) is 7.56. The molecule has 0 aliphatic rings. The van der Waals surface area contributed by atoms with E-state index in [1.807, 2.05) is 6.92 Å². The van der Waals surface area contributed by atoms with Crippen LogP contribution in [0, 0.1) is 5.82 Å². The molecule has 0 aliphatic heterocycles. The Hall–Kier alpha value is -1.79. The third-order valence-corrected chi connectivity index (χ3v) is 4.11. The van der Waals surface area contributed by atoms with Crippen molar-refractivity contribution in [1.82, 2.24) is 4.98 Å². The molecule has 0 atom stereocenters. The zero-order valence-electron chi connectivity index (χ0n) is 10.9. The van der Waals surface area contributed by atoms with Crippen molar-refractivity contribution in [2.24, 2.45) is 0 Å². The monoisotopic (exact) mass is 295 g/mol. The lowest BCUT2D eigenvalue weighted by Gasteiger charge is -2.06. The van der Waals surface area contributed by atoms with Crippen LogP contribution in [0.15, 0.2) is 47.6 Å². The lowest BCUT2D eigenvalue weighted by atomic mass is 10.2. The summed E-state index contributed by atoms with van der Waals surface area (Å²) in [4.78, 5) is 3.78. The van der Waals surface area contributed by atoms with Gasteiger partial charge in [0.25, 0.3) is 10.1 Å². The van der Waals surface area contributed by atoms with E-state index in [9.17, 15) is 12.8 Å². The number of aryl methyl sites for hydroxylation is 1. The number of hydrogen-bond acceptors (Lipinski definition) is 4. The standard InChI is InChI=1S/C14H14FNO3S/c1-2-11-3-5-13(6-4-11)20(17,18)19-10-12-9-16-8-7-14(12)15/h3-9H,2,10H2,1H3. The van der Waals surface area contributed by atoms with E-state index >= 15 is 0 Å². The van der Waals surface area contributed by atoms with E-state index in [-0.39, 0.29) is 17.1 Å². The molecule has 0 bridgehead atoms. The molecule has 2 rings (SSSR count). The molecule has 106 valence electrons. The van der Waals surface area contributed by atoms with E-state index in [2.05, 4.69) is 4.98 Å². The summed E-state index contributed by atoms with van der Waals surface area (Å²) in [6.45, 7) is 1.60. The number of pyridine rings is 1. The van der Waals surface area contributed by atoms with Crippen molar-refractivity contribution in [3.63, 3.8) is 0 Å². The van der Waals surface area contributed by atoms with Gasteiger partial charge in [-0.3, -0.25) is 9.17 Å². The number of nitrogens with zero attached hydrogens (tertiary/aromatic N) is 1. The number of benzene rings is 1. The van der Waals surface area contributed by atoms with Crippen molar-refractivity contribution in [3.05, 3.63) is 59.7 Å². The summed E-state index contributed by atoms with van der Waals surface area (Å²) >= 11 is 0. The minimum absolute atomic E-state index is 0.0546. The van der Waals surface area contributed by atoms with Gasteiger partial charge in [0.1, 0.15) is 5.82 Å². The maximum Gasteiger partial charge on any atom is 0.297 e. The SMILES string of the molecule is CCc1ccc(S(=O)(=O)OCc2cnccc2F)cc1. The molecular formula is C14H14FNO3S. The number of halogens is 1. The molecule has 0 N–H and O–H groups in total. The smallest absolute Gasteiger partial charge is 0.264 e. The summed E-state index contributed by atoms with van der Waals surface area (Å²) in [5, 5.41) is 0. The van der Waals surface area contributed by atoms with Gasteiger partial charge in [-0.2, -0.15) is 8.42 Å². The summed E-state index contributed by atoms with van der Waals surface area (Å²) in [6.07, 6.45) is 3.35. The molecular weight excluding hydrogens is 281 g/mol. The fourth-order valence-corrected chi connectivity index (χ4v) is 2.50. The molecule has 0 saturated carbocycles. The van der Waals surface area contributed by atoms with Crippen LogP contribution in [0.2, 0.25) is 0 Å². The Morgan fingerprint density at radius 1 is 1.20 bits per heavy atom. The first-order valence-corrected chi connectivity index (χ1v) is 7.50. The van der Waals surface area contributed by atoms with Crippen LogP contribution in [0.25, 0.3) is 0 Å². The molecule has 4 nitrogen and oxygen atoms in total. The average Bonchev–Trinajstić information content (AvgIpc) is 2.46. The first kappa shape index (κ1) is 14.6. The predicted molar refractivity (Wildman–Crippen MR) is 72.0 cm³/mol. The highest BCUT2D eigenvalue weighted by Crippen LogP contribution is 2.16. The van der Waals surface area contributed by atoms with Gasteiger partial charge >= 0.3 is 0 Å². The van der Waals surface area contributed by atoms with Crippen LogP contribution in [0.1, 0.15) is 18.1 Å². The fourth-order valence-electron chi connectivity index (χ4n) is 1.62. The van der Waals surface area contributed by atoms with Crippen LogP contribution in [-0.4, -0.2) is 13.4 Å². The van der Waals surface area contributed by atoms with Crippen molar-refractivity contribution in [2.45, 2.75) is 24.8 Å². The topological polar surface area (TPSA) is 56.3 Å². The molecule has 0 unspecified atom stereocenters. The Morgan fingerprint density at radius 2 is 1.90 bits per heavy atom. The van der Waals surface area contributed by atoms with E-state index in [1.165, 1.54) is 24.5 Å². The number of aromatic nitrogens is 1. The van der Waals surface area contributed by atoms with Crippen molar-refractivity contribution < 1.29 is 17.0 Å². The lowest BCUT2D eigenvalue weighted by Crippen LogP contribution is -2.07. The van der Waals surface area contributed by atoms with Gasteiger partial charge in [-0.1, -0.05) is 19.1 Å². The van der Waals surface area contributed by atoms with Crippen molar-refractivity contribution >= 4 is 10.1 Å². The van der Waals surface area contributed by atoms with Crippen LogP contribution in [0.5, 0.6) is 0 Å². The average molecular weight is 295 g/mol. The van der Waals surface area contributed by atoms with Gasteiger partial charge in [0.2, 0.25) is 0 Å². The second-order valence-corrected chi connectivity index (χ2v) is 5.80. The van der Waals surface area contributed by atoms with Gasteiger partial charge in [-0.15, -0.1) is 0 Å². The lowest BCUT2D eigenvalue weighted by molar-refractivity contribution is 0.301. The molecule has 0 radical (unpaired) electrons. The Labute approximate surface area is 117 Å². The molecule has 0 fully saturated rings. The van der Waals surface area contributed by atoms with Crippen molar-refractivity contribution in [3.8, 4) is 0 Å². The fraction of sp³-hybridized carbons (Fsp3) is 0.214. The number of hydrogen-bond donors (Lipinski definition) is 0. The summed E-state index contributed by atoms with van der Waals surface area (Å²) < 4.78 is 42.1. The molecule has 1 aromatic carbocycles. The van der Waals surface area contributed by atoms with E-state index in [0.717, 1.165) is 18.1 Å². The Morgan fingerprint density at radius 3 is 2.50 bits per heavy atom. The van der Waals surface area contributed by atoms with Crippen molar-refractivity contribution in [2.75, 3.05) is 0 Å². The van der Waals surface area contributed by atoms with E-state index in [1.54, 1.807) is 12.1 Å². The highest BCUT2D eigenvalue weighted by atomic mass is 32.2. The van der Waals surface area contributed by atoms with E-state index in [4.69, 9.17) is 4.18 Å². The molecule has 1 heterocycles. The summed E-state index contributed by atoms with van der Waals surface area (Å²) in [5.41, 5.74) is 1.13. The van der Waals surface area contributed by atoms with Crippen molar-refractivity contribution in [1.29, 1.82) is 0 Å². The molecule has 0 spiro atoms. The predicted octanol–water partition coefficient (Wildman–Crippen LogP) is 2.69. The zero-order chi connectivity index (χ0) is 14.6. The molecule has 0 amide bonds. The molecule has 0 saturated heterocycles. The Bertz CT molecular complexity index is 684. The highest BCUT2D eigenvalue weighted by molar-refractivity contribution is 7.86. The minimum Gasteiger partial charge on any atom is -0.264 e. The van der Waals surface area contributed by atoms with Gasteiger partial charge in [0.05, 0.1) is 11.5 Å². The molecule has 6 heteroatoms. The first-order chi connectivity index (χ1) is 9.53. The summed E-state index contributed by atoms with van der Waals surface area (Å²) in [7, 11) is -3.89. The van der Waals surface area contributed by atoms with Gasteiger partial charge in [-0.05, 0) is 30.2 Å². The Kier molecular flexibility index (Phi) is 4.46. The quantitative estimate of drug-likeness (QED) is 0.796. The van der Waals surface area contributed by atoms with Crippen LogP contribution in [0.3, 0.4) is 0 Å². The van der Waals surface area contributed by atoms with Gasteiger partial charge < -0.3 is 0 Å². The third kappa shape index (κ3) is 3.40. The largest absolute Gasteiger partial charge is 0.297 e. The third-order valence-electron chi connectivity index (χ3n) is 2.83. The van der Waals surface area contributed by atoms with Gasteiger partial charge in [0.15, 0.2) is 0 Å². The van der Waals surface area contributed by atoms with E-state index in [0.29, 0.717) is 0 Å². The van der Waals surface area contributed by atoms with Crippen LogP contribution < -0.4 is 0 Å². The maximum absolute atomic E-state index is 13.4. The van der Waals surface area contributed by atoms with Crippen LogP contribution >= 0.6 is 0 Å². The minimum atomic E-state index is -3.89. The number of rotatable bonds is 5.